The number of hydrogen-bond donors (Lipinski definition) is 1. The normalized spacial score (nSPS) is 14.2. The minimum atomic E-state index is -0.481. The lowest BCUT2D eigenvalue weighted by atomic mass is 10.3. The number of rotatable bonds is 7. The Hall–Kier alpha value is -1.92. The van der Waals surface area contributed by atoms with Crippen LogP contribution in [0.1, 0.15) is 38.4 Å². The summed E-state index contributed by atoms with van der Waals surface area (Å²) < 4.78 is 5.43. The second-order valence-electron chi connectivity index (χ2n) is 4.65. The number of ether oxygens (including phenoxy) is 1. The van der Waals surface area contributed by atoms with Gasteiger partial charge in [-0.3, -0.25) is 10.1 Å². The van der Waals surface area contributed by atoms with E-state index in [4.69, 9.17) is 4.74 Å². The van der Waals surface area contributed by atoms with Crippen molar-refractivity contribution < 1.29 is 9.66 Å². The fourth-order valence-corrected chi connectivity index (χ4v) is 1.64. The molecule has 7 heteroatoms. The molecule has 1 heterocycles. The first-order chi connectivity index (χ1) is 9.11. The highest BCUT2D eigenvalue weighted by Crippen LogP contribution is 2.35. The largest absolute Gasteiger partial charge is 0.473 e. The summed E-state index contributed by atoms with van der Waals surface area (Å²) in [5.74, 6) is 0.806. The van der Waals surface area contributed by atoms with Gasteiger partial charge in [-0.15, -0.1) is 0 Å². The summed E-state index contributed by atoms with van der Waals surface area (Å²) in [6.07, 6.45) is 3.84. The molecule has 1 aromatic heterocycles. The average molecular weight is 266 g/mol. The molecule has 104 valence electrons. The van der Waals surface area contributed by atoms with Crippen LogP contribution >= 0.6 is 0 Å². The van der Waals surface area contributed by atoms with Gasteiger partial charge in [-0.1, -0.05) is 13.3 Å². The Morgan fingerprint density at radius 1 is 1.47 bits per heavy atom. The van der Waals surface area contributed by atoms with Crippen molar-refractivity contribution in [2.24, 2.45) is 0 Å². The van der Waals surface area contributed by atoms with Gasteiger partial charge in [0.1, 0.15) is 5.82 Å². The van der Waals surface area contributed by atoms with Crippen molar-refractivity contribution in [3.63, 3.8) is 0 Å². The van der Waals surface area contributed by atoms with Crippen LogP contribution in [-0.2, 0) is 0 Å². The molecular weight excluding hydrogens is 248 g/mol. The maximum atomic E-state index is 11.2. The van der Waals surface area contributed by atoms with Crippen LogP contribution in [0.4, 0.5) is 11.5 Å². The topological polar surface area (TPSA) is 90.2 Å². The SMILES string of the molecule is CCCCOc1nc(C)nc(NC2CC2)c1[N+](=O)[O-]. The van der Waals surface area contributed by atoms with Crippen LogP contribution in [0.2, 0.25) is 0 Å². The zero-order chi connectivity index (χ0) is 13.8. The molecule has 1 N–H and O–H groups in total. The Balaban J connectivity index is 2.27. The van der Waals surface area contributed by atoms with Gasteiger partial charge in [0.2, 0.25) is 5.82 Å². The molecule has 1 aromatic rings. The molecule has 0 aliphatic heterocycles. The van der Waals surface area contributed by atoms with Crippen molar-refractivity contribution in [2.45, 2.75) is 45.6 Å². The van der Waals surface area contributed by atoms with Crippen LogP contribution in [0.5, 0.6) is 5.88 Å². The molecule has 0 atom stereocenters. The highest BCUT2D eigenvalue weighted by atomic mass is 16.6. The molecule has 0 saturated heterocycles. The minimum Gasteiger partial charge on any atom is -0.473 e. The third-order valence-electron chi connectivity index (χ3n) is 2.80. The summed E-state index contributed by atoms with van der Waals surface area (Å²) in [5.41, 5.74) is -0.159. The van der Waals surface area contributed by atoms with Gasteiger partial charge in [-0.05, 0) is 26.2 Å². The quantitative estimate of drug-likeness (QED) is 0.463. The lowest BCUT2D eigenvalue weighted by molar-refractivity contribution is -0.385. The molecule has 0 radical (unpaired) electrons. The number of nitro groups is 1. The van der Waals surface area contributed by atoms with Crippen molar-refractivity contribution in [3.05, 3.63) is 15.9 Å². The van der Waals surface area contributed by atoms with Crippen molar-refractivity contribution in [3.8, 4) is 5.88 Å². The van der Waals surface area contributed by atoms with Gasteiger partial charge in [0.05, 0.1) is 11.5 Å². The summed E-state index contributed by atoms with van der Waals surface area (Å²) in [6.45, 7) is 4.16. The monoisotopic (exact) mass is 266 g/mol. The Morgan fingerprint density at radius 2 is 2.21 bits per heavy atom. The smallest absolute Gasteiger partial charge is 0.372 e. The molecule has 0 aromatic carbocycles. The van der Waals surface area contributed by atoms with Gasteiger partial charge >= 0.3 is 5.69 Å². The molecule has 1 aliphatic rings. The van der Waals surface area contributed by atoms with Crippen molar-refractivity contribution >= 4 is 11.5 Å². The lowest BCUT2D eigenvalue weighted by Gasteiger charge is -2.10. The second kappa shape index (κ2) is 5.81. The molecule has 0 spiro atoms. The predicted octanol–water partition coefficient (Wildman–Crippen LogP) is 2.45. The average Bonchev–Trinajstić information content (AvgIpc) is 3.12. The van der Waals surface area contributed by atoms with E-state index in [9.17, 15) is 10.1 Å². The number of aromatic nitrogens is 2. The van der Waals surface area contributed by atoms with Crippen LogP contribution in [0.15, 0.2) is 0 Å². The van der Waals surface area contributed by atoms with E-state index in [1.165, 1.54) is 0 Å². The van der Waals surface area contributed by atoms with Crippen LogP contribution in [0, 0.1) is 17.0 Å². The molecule has 19 heavy (non-hydrogen) atoms. The molecule has 1 saturated carbocycles. The number of unbranched alkanes of at least 4 members (excludes halogenated alkanes) is 1. The summed E-state index contributed by atoms with van der Waals surface area (Å²) in [5, 5.41) is 14.3. The zero-order valence-corrected chi connectivity index (χ0v) is 11.2. The van der Waals surface area contributed by atoms with Gasteiger partial charge in [0.25, 0.3) is 5.88 Å². The number of nitrogens with zero attached hydrogens (tertiary/aromatic N) is 3. The fourth-order valence-electron chi connectivity index (χ4n) is 1.64. The van der Waals surface area contributed by atoms with E-state index in [0.717, 1.165) is 25.7 Å². The summed E-state index contributed by atoms with van der Waals surface area (Å²) >= 11 is 0. The zero-order valence-electron chi connectivity index (χ0n) is 11.2. The van der Waals surface area contributed by atoms with Gasteiger partial charge in [-0.2, -0.15) is 4.98 Å². The molecule has 0 amide bonds. The molecule has 0 bridgehead atoms. The summed E-state index contributed by atoms with van der Waals surface area (Å²) in [6, 6.07) is 0.288. The van der Waals surface area contributed by atoms with E-state index in [1.54, 1.807) is 6.92 Å². The Morgan fingerprint density at radius 3 is 2.79 bits per heavy atom. The molecule has 1 fully saturated rings. The van der Waals surface area contributed by atoms with E-state index < -0.39 is 4.92 Å². The Labute approximate surface area is 111 Å². The molecular formula is C12H18N4O3. The number of nitrogens with one attached hydrogen (secondary N) is 1. The lowest BCUT2D eigenvalue weighted by Crippen LogP contribution is -2.11. The third-order valence-corrected chi connectivity index (χ3v) is 2.80. The first kappa shape index (κ1) is 13.5. The Kier molecular flexibility index (Phi) is 4.13. The minimum absolute atomic E-state index is 0.0640. The van der Waals surface area contributed by atoms with E-state index >= 15 is 0 Å². The maximum Gasteiger partial charge on any atom is 0.372 e. The molecule has 1 aliphatic carbocycles. The van der Waals surface area contributed by atoms with Gasteiger partial charge in [0.15, 0.2) is 0 Å². The van der Waals surface area contributed by atoms with Gasteiger partial charge < -0.3 is 10.1 Å². The number of aryl methyl sites for hydroxylation is 1. The third kappa shape index (κ3) is 3.52. The second-order valence-corrected chi connectivity index (χ2v) is 4.65. The summed E-state index contributed by atoms with van der Waals surface area (Å²) in [7, 11) is 0. The van der Waals surface area contributed by atoms with Crippen molar-refractivity contribution in [1.82, 2.24) is 9.97 Å². The Bertz CT molecular complexity index is 474. The van der Waals surface area contributed by atoms with Crippen LogP contribution in [0.3, 0.4) is 0 Å². The molecule has 7 nitrogen and oxygen atoms in total. The standard InChI is InChI=1S/C12H18N4O3/c1-3-4-7-19-12-10(16(17)18)11(13-8(2)14-12)15-9-5-6-9/h9H,3-7H2,1-2H3,(H,13,14,15). The van der Waals surface area contributed by atoms with E-state index in [1.807, 2.05) is 6.92 Å². The highest BCUT2D eigenvalue weighted by molar-refractivity contribution is 5.62. The van der Waals surface area contributed by atoms with Crippen LogP contribution < -0.4 is 10.1 Å². The van der Waals surface area contributed by atoms with Crippen molar-refractivity contribution in [2.75, 3.05) is 11.9 Å². The fraction of sp³-hybridized carbons (Fsp3) is 0.667. The van der Waals surface area contributed by atoms with E-state index in [-0.39, 0.29) is 23.4 Å². The molecule has 2 rings (SSSR count). The highest BCUT2D eigenvalue weighted by Gasteiger charge is 2.30. The van der Waals surface area contributed by atoms with Crippen molar-refractivity contribution in [1.29, 1.82) is 0 Å². The maximum absolute atomic E-state index is 11.2. The van der Waals surface area contributed by atoms with Gasteiger partial charge in [0, 0.05) is 6.04 Å². The van der Waals surface area contributed by atoms with Gasteiger partial charge in [-0.25, -0.2) is 4.98 Å². The van der Waals surface area contributed by atoms with Crippen LogP contribution in [-0.4, -0.2) is 27.5 Å². The molecule has 0 unspecified atom stereocenters. The van der Waals surface area contributed by atoms with E-state index in [0.29, 0.717) is 12.4 Å². The number of anilines is 1. The summed E-state index contributed by atoms with van der Waals surface area (Å²) in [4.78, 5) is 18.9. The predicted molar refractivity (Wildman–Crippen MR) is 70.5 cm³/mol. The first-order valence-electron chi connectivity index (χ1n) is 6.54. The first-order valence-corrected chi connectivity index (χ1v) is 6.54. The van der Waals surface area contributed by atoms with E-state index in [2.05, 4.69) is 15.3 Å². The van der Waals surface area contributed by atoms with Crippen LogP contribution in [0.25, 0.3) is 0 Å². The number of hydrogen-bond acceptors (Lipinski definition) is 6.